The maximum atomic E-state index is 11.5. The normalized spacial score (nSPS) is 15.7. The number of hydrogen-bond acceptors (Lipinski definition) is 9. The van der Waals surface area contributed by atoms with Gasteiger partial charge >= 0.3 is 0 Å². The van der Waals surface area contributed by atoms with Crippen LogP contribution in [0.2, 0.25) is 5.02 Å². The molecular formula is C28H32ClN7O4. The highest BCUT2D eigenvalue weighted by Crippen LogP contribution is 2.40. The predicted octanol–water partition coefficient (Wildman–Crippen LogP) is 3.74. The SMILES string of the molecule is COc1cc2c(N(c3cccc(Cl)c3)c3cc(CC(N)=O)[nH]n3)ncnc2cc1OCCCN1CCCC(O)C1. The van der Waals surface area contributed by atoms with Gasteiger partial charge in [0.2, 0.25) is 5.91 Å². The first-order chi connectivity index (χ1) is 19.4. The van der Waals surface area contributed by atoms with E-state index in [9.17, 15) is 9.90 Å². The molecule has 0 saturated carbocycles. The molecule has 210 valence electrons. The third kappa shape index (κ3) is 6.44. The first-order valence-corrected chi connectivity index (χ1v) is 13.5. The van der Waals surface area contributed by atoms with E-state index < -0.39 is 5.91 Å². The number of aromatic nitrogens is 4. The fourth-order valence-corrected chi connectivity index (χ4v) is 5.11. The van der Waals surface area contributed by atoms with Crippen LogP contribution in [0, 0.1) is 0 Å². The first kappa shape index (κ1) is 27.6. The third-order valence-corrected chi connectivity index (χ3v) is 6.98. The van der Waals surface area contributed by atoms with Gasteiger partial charge in [0.15, 0.2) is 17.3 Å². The van der Waals surface area contributed by atoms with E-state index in [2.05, 4.69) is 25.1 Å². The minimum atomic E-state index is -0.470. The number of fused-ring (bicyclic) bond motifs is 1. The molecule has 1 amide bonds. The molecule has 5 rings (SSSR count). The molecule has 1 aliphatic rings. The van der Waals surface area contributed by atoms with Crippen LogP contribution in [0.3, 0.4) is 0 Å². The second-order valence-electron chi connectivity index (χ2n) is 9.73. The van der Waals surface area contributed by atoms with Gasteiger partial charge in [0, 0.05) is 41.3 Å². The van der Waals surface area contributed by atoms with Crippen LogP contribution in [-0.4, -0.2) is 75.5 Å². The molecule has 1 unspecified atom stereocenters. The number of primary amides is 1. The number of halogens is 1. The molecule has 12 heteroatoms. The van der Waals surface area contributed by atoms with E-state index >= 15 is 0 Å². The van der Waals surface area contributed by atoms with Crippen molar-refractivity contribution in [3.8, 4) is 11.5 Å². The van der Waals surface area contributed by atoms with Crippen LogP contribution >= 0.6 is 11.6 Å². The highest BCUT2D eigenvalue weighted by atomic mass is 35.5. The Kier molecular flexibility index (Phi) is 8.63. The lowest BCUT2D eigenvalue weighted by Crippen LogP contribution is -2.39. The van der Waals surface area contributed by atoms with Gasteiger partial charge < -0.3 is 25.2 Å². The van der Waals surface area contributed by atoms with Crippen molar-refractivity contribution in [1.82, 2.24) is 25.1 Å². The number of aromatic amines is 1. The Morgan fingerprint density at radius 2 is 2.12 bits per heavy atom. The van der Waals surface area contributed by atoms with E-state index in [1.807, 2.05) is 29.2 Å². The lowest BCUT2D eigenvalue weighted by Gasteiger charge is -2.29. The number of hydrogen-bond donors (Lipinski definition) is 3. The maximum absolute atomic E-state index is 11.5. The summed E-state index contributed by atoms with van der Waals surface area (Å²) in [5, 5.41) is 18.4. The van der Waals surface area contributed by atoms with Crippen molar-refractivity contribution in [2.45, 2.75) is 31.8 Å². The Hall–Kier alpha value is -3.93. The topological polar surface area (TPSA) is 143 Å². The van der Waals surface area contributed by atoms with Crippen molar-refractivity contribution in [3.05, 3.63) is 59.5 Å². The number of methoxy groups -OCH3 is 1. The van der Waals surface area contributed by atoms with E-state index in [0.29, 0.717) is 63.6 Å². The van der Waals surface area contributed by atoms with Crippen molar-refractivity contribution in [3.63, 3.8) is 0 Å². The number of nitrogens with two attached hydrogens (primary N) is 1. The lowest BCUT2D eigenvalue weighted by atomic mass is 10.1. The third-order valence-electron chi connectivity index (χ3n) is 6.75. The van der Waals surface area contributed by atoms with Gasteiger partial charge in [0.25, 0.3) is 0 Å². The minimum absolute atomic E-state index is 0.0216. The number of likely N-dealkylation sites (tertiary alicyclic amines) is 1. The summed E-state index contributed by atoms with van der Waals surface area (Å²) < 4.78 is 11.8. The smallest absolute Gasteiger partial charge is 0.223 e. The Balaban J connectivity index is 1.45. The molecule has 0 spiro atoms. The summed E-state index contributed by atoms with van der Waals surface area (Å²) in [6.45, 7) is 3.06. The number of piperidine rings is 1. The summed E-state index contributed by atoms with van der Waals surface area (Å²) in [7, 11) is 1.59. The Morgan fingerprint density at radius 1 is 1.25 bits per heavy atom. The van der Waals surface area contributed by atoms with Gasteiger partial charge in [-0.15, -0.1) is 0 Å². The summed E-state index contributed by atoms with van der Waals surface area (Å²) in [5.41, 5.74) is 7.32. The van der Waals surface area contributed by atoms with Crippen molar-refractivity contribution in [1.29, 1.82) is 0 Å². The molecule has 0 radical (unpaired) electrons. The molecule has 4 aromatic rings. The molecule has 2 aromatic carbocycles. The number of nitrogens with one attached hydrogen (secondary N) is 1. The number of benzene rings is 2. The number of β-amino-alcohol motifs (C(OH)–C–C–N with tert-alkyl or cyclic N) is 1. The number of rotatable bonds is 11. The highest BCUT2D eigenvalue weighted by Gasteiger charge is 2.22. The van der Waals surface area contributed by atoms with Crippen molar-refractivity contribution in [2.24, 2.45) is 5.73 Å². The van der Waals surface area contributed by atoms with E-state index in [1.165, 1.54) is 6.33 Å². The molecular weight excluding hydrogens is 534 g/mol. The molecule has 0 aliphatic carbocycles. The second-order valence-corrected chi connectivity index (χ2v) is 10.2. The van der Waals surface area contributed by atoms with Crippen LogP contribution in [0.15, 0.2) is 48.8 Å². The Labute approximate surface area is 236 Å². The molecule has 3 heterocycles. The number of ether oxygens (including phenoxy) is 2. The van der Waals surface area contributed by atoms with Crippen LogP contribution < -0.4 is 20.1 Å². The maximum Gasteiger partial charge on any atom is 0.223 e. The van der Waals surface area contributed by atoms with E-state index in [0.717, 1.165) is 32.4 Å². The highest BCUT2D eigenvalue weighted by molar-refractivity contribution is 6.30. The second kappa shape index (κ2) is 12.5. The molecule has 0 bridgehead atoms. The monoisotopic (exact) mass is 565 g/mol. The van der Waals surface area contributed by atoms with Crippen molar-refractivity contribution < 1.29 is 19.4 Å². The molecule has 1 atom stereocenters. The van der Waals surface area contributed by atoms with E-state index in [4.69, 9.17) is 26.8 Å². The number of H-pyrrole nitrogens is 1. The number of carbonyl (C=O) groups excluding carboxylic acids is 1. The Bertz CT molecular complexity index is 1480. The zero-order valence-electron chi connectivity index (χ0n) is 22.2. The quantitative estimate of drug-likeness (QED) is 0.232. The minimum Gasteiger partial charge on any atom is -0.493 e. The van der Waals surface area contributed by atoms with Gasteiger partial charge in [-0.2, -0.15) is 5.10 Å². The summed E-state index contributed by atoms with van der Waals surface area (Å²) in [6, 6.07) is 12.7. The summed E-state index contributed by atoms with van der Waals surface area (Å²) in [6.07, 6.45) is 3.95. The molecule has 11 nitrogen and oxygen atoms in total. The van der Waals surface area contributed by atoms with Gasteiger partial charge in [-0.25, -0.2) is 9.97 Å². The van der Waals surface area contributed by atoms with E-state index in [-0.39, 0.29) is 12.5 Å². The predicted molar refractivity (Wildman–Crippen MR) is 153 cm³/mol. The van der Waals surface area contributed by atoms with Gasteiger partial charge in [-0.3, -0.25) is 14.8 Å². The van der Waals surface area contributed by atoms with Crippen LogP contribution in [0.4, 0.5) is 17.3 Å². The van der Waals surface area contributed by atoms with Crippen molar-refractivity contribution in [2.75, 3.05) is 38.3 Å². The van der Waals surface area contributed by atoms with Gasteiger partial charge in [-0.05, 0) is 50.1 Å². The molecule has 2 aromatic heterocycles. The van der Waals surface area contributed by atoms with Crippen LogP contribution in [0.1, 0.15) is 25.0 Å². The van der Waals surface area contributed by atoms with Crippen LogP contribution in [0.5, 0.6) is 11.5 Å². The molecule has 1 fully saturated rings. The number of aliphatic hydroxyl groups excluding tert-OH is 1. The summed E-state index contributed by atoms with van der Waals surface area (Å²) >= 11 is 6.34. The largest absolute Gasteiger partial charge is 0.493 e. The first-order valence-electron chi connectivity index (χ1n) is 13.2. The number of nitrogens with zero attached hydrogens (tertiary/aromatic N) is 5. The standard InChI is InChI=1S/C28H32ClN7O4/c1-39-24-14-22-23(15-25(24)40-10-4-9-35-8-3-7-21(37)16-35)31-17-32-28(22)36(20-6-2-5-18(29)11-20)27-13-19(33-34-27)12-26(30)38/h2,5-6,11,13-15,17,21,37H,3-4,7-10,12,16H2,1H3,(H2,30,38)(H,33,34). The zero-order valence-corrected chi connectivity index (χ0v) is 23.0. The van der Waals surface area contributed by atoms with Crippen LogP contribution in [0.25, 0.3) is 10.9 Å². The zero-order chi connectivity index (χ0) is 28.1. The van der Waals surface area contributed by atoms with Crippen LogP contribution in [-0.2, 0) is 11.2 Å². The lowest BCUT2D eigenvalue weighted by molar-refractivity contribution is -0.117. The fraction of sp³-hybridized carbons (Fsp3) is 0.357. The molecule has 40 heavy (non-hydrogen) atoms. The average molecular weight is 566 g/mol. The number of amides is 1. The van der Waals surface area contributed by atoms with E-state index in [1.54, 1.807) is 25.3 Å². The number of aliphatic hydroxyl groups is 1. The fourth-order valence-electron chi connectivity index (χ4n) is 4.93. The number of anilines is 3. The van der Waals surface area contributed by atoms with Gasteiger partial charge in [0.1, 0.15) is 12.1 Å². The molecule has 4 N–H and O–H groups in total. The Morgan fingerprint density at radius 3 is 2.90 bits per heavy atom. The summed E-state index contributed by atoms with van der Waals surface area (Å²) in [4.78, 5) is 24.7. The summed E-state index contributed by atoms with van der Waals surface area (Å²) in [5.74, 6) is 1.69. The van der Waals surface area contributed by atoms with Gasteiger partial charge in [-0.1, -0.05) is 17.7 Å². The van der Waals surface area contributed by atoms with Crippen molar-refractivity contribution >= 4 is 45.7 Å². The average Bonchev–Trinajstić information content (AvgIpc) is 3.38. The van der Waals surface area contributed by atoms with Gasteiger partial charge in [0.05, 0.1) is 37.4 Å². The molecule has 1 saturated heterocycles. The molecule has 1 aliphatic heterocycles. The number of carbonyl (C=O) groups is 1.